The van der Waals surface area contributed by atoms with Gasteiger partial charge in [0.1, 0.15) is 5.75 Å². The van der Waals surface area contributed by atoms with Crippen LogP contribution in [0.2, 0.25) is 0 Å². The maximum absolute atomic E-state index is 12.6. The van der Waals surface area contributed by atoms with E-state index in [1.807, 2.05) is 6.07 Å². The van der Waals surface area contributed by atoms with E-state index in [2.05, 4.69) is 31.5 Å². The second-order valence-electron chi connectivity index (χ2n) is 6.66. The molecule has 8 nitrogen and oxygen atoms in total. The van der Waals surface area contributed by atoms with Crippen LogP contribution in [0.5, 0.6) is 5.75 Å². The molecule has 9 heteroatoms. The summed E-state index contributed by atoms with van der Waals surface area (Å²) in [4.78, 5) is 40.9. The molecule has 1 aromatic heterocycles. The summed E-state index contributed by atoms with van der Waals surface area (Å²) >= 11 is 3.35. The Hall–Kier alpha value is -3.20. The van der Waals surface area contributed by atoms with Crippen molar-refractivity contribution in [1.82, 2.24) is 9.55 Å². The van der Waals surface area contributed by atoms with Gasteiger partial charge in [-0.3, -0.25) is 19.0 Å². The van der Waals surface area contributed by atoms with Crippen LogP contribution in [0.3, 0.4) is 0 Å². The number of aryl methyl sites for hydroxylation is 1. The zero-order chi connectivity index (χ0) is 20.5. The lowest BCUT2D eigenvalue weighted by molar-refractivity contribution is -0.122. The molecule has 2 amide bonds. The molecule has 2 heterocycles. The van der Waals surface area contributed by atoms with Crippen LogP contribution in [-0.4, -0.2) is 27.5 Å². The molecular formula is C20H17BrN4O4. The highest BCUT2D eigenvalue weighted by atomic mass is 79.9. The largest absolute Gasteiger partial charge is 0.479 e. The van der Waals surface area contributed by atoms with Crippen LogP contribution in [0.4, 0.5) is 11.4 Å². The molecule has 1 aliphatic heterocycles. The molecule has 0 saturated heterocycles. The molecule has 0 aliphatic carbocycles. The van der Waals surface area contributed by atoms with Crippen molar-refractivity contribution in [3.63, 3.8) is 0 Å². The number of carbonyl (C=O) groups excluding carboxylic acids is 2. The number of anilines is 2. The third-order valence-corrected chi connectivity index (χ3v) is 5.05. The smallest absolute Gasteiger partial charge is 0.265 e. The summed E-state index contributed by atoms with van der Waals surface area (Å²) in [6.07, 6.45) is 0.981. The number of fused-ring (bicyclic) bond motifs is 2. The number of nitrogens with zero attached hydrogens (tertiary/aromatic N) is 2. The van der Waals surface area contributed by atoms with Crippen LogP contribution in [0.25, 0.3) is 10.9 Å². The van der Waals surface area contributed by atoms with E-state index in [1.165, 1.54) is 10.9 Å². The summed E-state index contributed by atoms with van der Waals surface area (Å²) < 4.78 is 7.70. The van der Waals surface area contributed by atoms with Gasteiger partial charge in [0.2, 0.25) is 5.91 Å². The quantitative estimate of drug-likeness (QED) is 0.628. The lowest BCUT2D eigenvalue weighted by Gasteiger charge is -2.23. The lowest BCUT2D eigenvalue weighted by atomic mass is 10.2. The Balaban J connectivity index is 1.44. The number of rotatable bonds is 4. The number of hydrogen-bond acceptors (Lipinski definition) is 5. The number of benzene rings is 2. The number of carbonyl (C=O) groups is 2. The molecule has 0 bridgehead atoms. The first-order valence-electron chi connectivity index (χ1n) is 8.97. The summed E-state index contributed by atoms with van der Waals surface area (Å²) in [7, 11) is 0. The van der Waals surface area contributed by atoms with Gasteiger partial charge < -0.3 is 15.4 Å². The zero-order valence-corrected chi connectivity index (χ0v) is 17.0. The summed E-state index contributed by atoms with van der Waals surface area (Å²) in [6, 6.07) is 10.3. The molecule has 148 valence electrons. The second-order valence-corrected chi connectivity index (χ2v) is 7.58. The Labute approximate surface area is 174 Å². The van der Waals surface area contributed by atoms with Gasteiger partial charge in [-0.05, 0) is 43.3 Å². The highest BCUT2D eigenvalue weighted by Crippen LogP contribution is 2.32. The molecule has 2 aromatic carbocycles. The van der Waals surface area contributed by atoms with E-state index in [1.54, 1.807) is 37.3 Å². The van der Waals surface area contributed by atoms with Gasteiger partial charge >= 0.3 is 0 Å². The minimum Gasteiger partial charge on any atom is -0.479 e. The van der Waals surface area contributed by atoms with Gasteiger partial charge in [-0.15, -0.1) is 0 Å². The molecule has 2 N–H and O–H groups in total. The maximum atomic E-state index is 12.6. The van der Waals surface area contributed by atoms with E-state index in [0.29, 0.717) is 28.0 Å². The normalized spacial score (nSPS) is 15.4. The van der Waals surface area contributed by atoms with Crippen molar-refractivity contribution in [2.75, 3.05) is 10.6 Å². The number of amides is 2. The van der Waals surface area contributed by atoms with Crippen LogP contribution in [0.1, 0.15) is 13.3 Å². The van der Waals surface area contributed by atoms with Crippen molar-refractivity contribution < 1.29 is 14.3 Å². The lowest BCUT2D eigenvalue weighted by Crippen LogP contribution is -2.34. The third kappa shape index (κ3) is 4.00. The highest BCUT2D eigenvalue weighted by Gasteiger charge is 2.23. The molecule has 0 saturated carbocycles. The molecule has 0 spiro atoms. The first-order valence-corrected chi connectivity index (χ1v) is 9.76. The van der Waals surface area contributed by atoms with Crippen molar-refractivity contribution in [2.45, 2.75) is 26.0 Å². The fraction of sp³-hybridized carbons (Fsp3) is 0.200. The molecule has 0 radical (unpaired) electrons. The van der Waals surface area contributed by atoms with E-state index in [9.17, 15) is 14.4 Å². The van der Waals surface area contributed by atoms with Crippen molar-refractivity contribution >= 4 is 50.0 Å². The first-order chi connectivity index (χ1) is 13.9. The van der Waals surface area contributed by atoms with Gasteiger partial charge in [-0.1, -0.05) is 15.9 Å². The topological polar surface area (TPSA) is 102 Å². The SMILES string of the molecule is CC1Oc2ccc(NC(=O)CCn3cnc4ccc(Br)cc4c3=O)cc2NC1=O. The fourth-order valence-electron chi connectivity index (χ4n) is 3.02. The Morgan fingerprint density at radius 3 is 2.93 bits per heavy atom. The predicted molar refractivity (Wildman–Crippen MR) is 112 cm³/mol. The molecule has 4 rings (SSSR count). The van der Waals surface area contributed by atoms with E-state index in [4.69, 9.17) is 4.74 Å². The van der Waals surface area contributed by atoms with Crippen molar-refractivity contribution in [2.24, 2.45) is 0 Å². The average molecular weight is 457 g/mol. The molecule has 3 aromatic rings. The minimum absolute atomic E-state index is 0.0953. The summed E-state index contributed by atoms with van der Waals surface area (Å²) in [5, 5.41) is 5.99. The van der Waals surface area contributed by atoms with Gasteiger partial charge in [-0.2, -0.15) is 0 Å². The Kier molecular flexibility index (Phi) is 5.06. The highest BCUT2D eigenvalue weighted by molar-refractivity contribution is 9.10. The maximum Gasteiger partial charge on any atom is 0.265 e. The Morgan fingerprint density at radius 1 is 1.28 bits per heavy atom. The summed E-state index contributed by atoms with van der Waals surface area (Å²) in [6.45, 7) is 1.86. The van der Waals surface area contributed by atoms with Crippen LogP contribution in [0.15, 0.2) is 52.0 Å². The summed E-state index contributed by atoms with van der Waals surface area (Å²) in [5.41, 5.74) is 1.44. The van der Waals surface area contributed by atoms with Crippen LogP contribution in [0, 0.1) is 0 Å². The van der Waals surface area contributed by atoms with Crippen molar-refractivity contribution in [3.8, 4) is 5.75 Å². The van der Waals surface area contributed by atoms with Crippen molar-refractivity contribution in [3.05, 3.63) is 57.6 Å². The number of hydrogen-bond donors (Lipinski definition) is 2. The minimum atomic E-state index is -0.558. The van der Waals surface area contributed by atoms with E-state index in [-0.39, 0.29) is 30.3 Å². The average Bonchev–Trinajstić information content (AvgIpc) is 2.69. The number of aromatic nitrogens is 2. The van der Waals surface area contributed by atoms with Gasteiger partial charge in [0, 0.05) is 23.1 Å². The third-order valence-electron chi connectivity index (χ3n) is 4.56. The number of ether oxygens (including phenoxy) is 1. The van der Waals surface area contributed by atoms with Gasteiger partial charge in [0.05, 0.1) is 22.9 Å². The van der Waals surface area contributed by atoms with E-state index in [0.717, 1.165) is 4.47 Å². The van der Waals surface area contributed by atoms with Gasteiger partial charge in [0.15, 0.2) is 6.10 Å². The Bertz CT molecular complexity index is 1190. The van der Waals surface area contributed by atoms with E-state index < -0.39 is 6.10 Å². The zero-order valence-electron chi connectivity index (χ0n) is 15.4. The molecule has 1 unspecified atom stereocenters. The van der Waals surface area contributed by atoms with Gasteiger partial charge in [0.25, 0.3) is 11.5 Å². The molecule has 0 fully saturated rings. The number of halogens is 1. The molecule has 29 heavy (non-hydrogen) atoms. The van der Waals surface area contributed by atoms with Crippen LogP contribution in [-0.2, 0) is 16.1 Å². The number of nitrogens with one attached hydrogen (secondary N) is 2. The standard InChI is InChI=1S/C20H17BrN4O4/c1-11-19(27)24-16-9-13(3-5-17(16)29-11)23-18(26)6-7-25-10-22-15-4-2-12(21)8-14(15)20(25)28/h2-5,8-11H,6-7H2,1H3,(H,23,26)(H,24,27). The fourth-order valence-corrected chi connectivity index (χ4v) is 3.38. The Morgan fingerprint density at radius 2 is 2.10 bits per heavy atom. The van der Waals surface area contributed by atoms with Gasteiger partial charge in [-0.25, -0.2) is 4.98 Å². The molecule has 1 aliphatic rings. The second kappa shape index (κ2) is 7.67. The van der Waals surface area contributed by atoms with E-state index >= 15 is 0 Å². The van der Waals surface area contributed by atoms with Crippen molar-refractivity contribution in [1.29, 1.82) is 0 Å². The predicted octanol–water partition coefficient (Wildman–Crippen LogP) is 2.91. The molecular weight excluding hydrogens is 440 g/mol. The monoisotopic (exact) mass is 456 g/mol. The first kappa shape index (κ1) is 19.1. The summed E-state index contributed by atoms with van der Waals surface area (Å²) in [5.74, 6) is 0.0495. The molecule has 1 atom stereocenters. The van der Waals surface area contributed by atoms with Crippen LogP contribution < -0.4 is 20.9 Å². The van der Waals surface area contributed by atoms with Crippen LogP contribution >= 0.6 is 15.9 Å².